The van der Waals surface area contributed by atoms with Crippen LogP contribution in [0.5, 0.6) is 0 Å². The predicted molar refractivity (Wildman–Crippen MR) is 78.0 cm³/mol. The van der Waals surface area contributed by atoms with Crippen LogP contribution in [0.3, 0.4) is 0 Å². The monoisotopic (exact) mass is 299 g/mol. The molecule has 0 bridgehead atoms. The van der Waals surface area contributed by atoms with Crippen molar-refractivity contribution < 1.29 is 13.2 Å². The van der Waals surface area contributed by atoms with Crippen LogP contribution in [0.1, 0.15) is 31.4 Å². The zero-order chi connectivity index (χ0) is 15.4. The number of amides is 1. The summed E-state index contributed by atoms with van der Waals surface area (Å²) < 4.78 is 26.8. The summed E-state index contributed by atoms with van der Waals surface area (Å²) in [6, 6.07) is 7.09. The first-order chi connectivity index (χ1) is 9.15. The van der Waals surface area contributed by atoms with Crippen molar-refractivity contribution in [3.8, 4) is 0 Å². The molecule has 112 valence electrons. The van der Waals surface area contributed by atoms with Crippen LogP contribution in [0.15, 0.2) is 24.3 Å². The number of hydrogen-bond donors (Lipinski definition) is 3. The summed E-state index contributed by atoms with van der Waals surface area (Å²) in [4.78, 5) is 10.9. The van der Waals surface area contributed by atoms with Crippen LogP contribution in [0.25, 0.3) is 0 Å². The molecular formula is C13H21N3O3S. The molecule has 0 spiro atoms. The quantitative estimate of drug-likeness (QED) is 0.668. The van der Waals surface area contributed by atoms with Gasteiger partial charge in [-0.25, -0.2) is 13.1 Å². The van der Waals surface area contributed by atoms with Crippen LogP contribution in [0.2, 0.25) is 0 Å². The first-order valence-corrected chi connectivity index (χ1v) is 7.87. The third-order valence-corrected chi connectivity index (χ3v) is 4.29. The van der Waals surface area contributed by atoms with E-state index < -0.39 is 21.5 Å². The molecule has 5 N–H and O–H groups in total. The SMILES string of the molecule is CC(C)(CC(N)=O)NS(=O)(=O)Cc1ccccc1CN. The highest BCUT2D eigenvalue weighted by Gasteiger charge is 2.27. The molecule has 0 saturated heterocycles. The van der Waals surface area contributed by atoms with Gasteiger partial charge in [0.25, 0.3) is 0 Å². The molecule has 1 amide bonds. The Morgan fingerprint density at radius 3 is 2.30 bits per heavy atom. The van der Waals surface area contributed by atoms with Gasteiger partial charge in [0.2, 0.25) is 15.9 Å². The van der Waals surface area contributed by atoms with Gasteiger partial charge in [-0.05, 0) is 25.0 Å². The Morgan fingerprint density at radius 1 is 1.25 bits per heavy atom. The summed E-state index contributed by atoms with van der Waals surface area (Å²) >= 11 is 0. The first-order valence-electron chi connectivity index (χ1n) is 6.22. The number of carbonyl (C=O) groups is 1. The molecule has 0 unspecified atom stereocenters. The molecule has 6 nitrogen and oxygen atoms in total. The molecule has 1 aromatic rings. The number of hydrogen-bond acceptors (Lipinski definition) is 4. The molecule has 0 aliphatic heterocycles. The number of carbonyl (C=O) groups excluding carboxylic acids is 1. The summed E-state index contributed by atoms with van der Waals surface area (Å²) in [6.07, 6.45) is -0.0647. The molecule has 0 aromatic heterocycles. The molecule has 1 rings (SSSR count). The van der Waals surface area contributed by atoms with Crippen molar-refractivity contribution >= 4 is 15.9 Å². The maximum atomic E-state index is 12.2. The van der Waals surface area contributed by atoms with Gasteiger partial charge in [0.1, 0.15) is 0 Å². The summed E-state index contributed by atoms with van der Waals surface area (Å²) in [5.41, 5.74) is 11.2. The van der Waals surface area contributed by atoms with Crippen molar-refractivity contribution in [2.45, 2.75) is 38.1 Å². The average molecular weight is 299 g/mol. The van der Waals surface area contributed by atoms with Gasteiger partial charge in [-0.15, -0.1) is 0 Å². The van der Waals surface area contributed by atoms with Gasteiger partial charge in [0, 0.05) is 18.5 Å². The number of nitrogens with two attached hydrogens (primary N) is 2. The Labute approximate surface area is 119 Å². The Bertz CT molecular complexity index is 582. The second kappa shape index (κ2) is 6.34. The summed E-state index contributed by atoms with van der Waals surface area (Å²) in [6.45, 7) is 3.50. The minimum absolute atomic E-state index is 0.0647. The van der Waals surface area contributed by atoms with Gasteiger partial charge in [0.15, 0.2) is 0 Å². The summed E-state index contributed by atoms with van der Waals surface area (Å²) in [5.74, 6) is -0.734. The highest BCUT2D eigenvalue weighted by atomic mass is 32.2. The molecule has 0 radical (unpaired) electrons. The van der Waals surface area contributed by atoms with Crippen LogP contribution < -0.4 is 16.2 Å². The van der Waals surface area contributed by atoms with Crippen molar-refractivity contribution in [3.05, 3.63) is 35.4 Å². The first kappa shape index (κ1) is 16.6. The largest absolute Gasteiger partial charge is 0.370 e. The van der Waals surface area contributed by atoms with Gasteiger partial charge >= 0.3 is 0 Å². The smallest absolute Gasteiger partial charge is 0.219 e. The number of sulfonamides is 1. The lowest BCUT2D eigenvalue weighted by Gasteiger charge is -2.24. The zero-order valence-electron chi connectivity index (χ0n) is 11.7. The van der Waals surface area contributed by atoms with Crippen molar-refractivity contribution in [1.29, 1.82) is 0 Å². The standard InChI is InChI=1S/C13H21N3O3S/c1-13(2,7-12(15)17)16-20(18,19)9-11-6-4-3-5-10(11)8-14/h3-6,16H,7-9,14H2,1-2H3,(H2,15,17). The highest BCUT2D eigenvalue weighted by molar-refractivity contribution is 7.88. The molecule has 0 aliphatic rings. The third kappa shape index (κ3) is 5.28. The van der Waals surface area contributed by atoms with Gasteiger partial charge in [0.05, 0.1) is 5.75 Å². The van der Waals surface area contributed by atoms with E-state index in [0.717, 1.165) is 5.56 Å². The fourth-order valence-electron chi connectivity index (χ4n) is 2.03. The number of nitrogens with one attached hydrogen (secondary N) is 1. The van der Waals surface area contributed by atoms with Crippen LogP contribution in [-0.2, 0) is 27.1 Å². The molecule has 0 fully saturated rings. The van der Waals surface area contributed by atoms with E-state index in [2.05, 4.69) is 4.72 Å². The fourth-order valence-corrected chi connectivity index (χ4v) is 3.71. The second-order valence-corrected chi connectivity index (χ2v) is 7.08. The van der Waals surface area contributed by atoms with Crippen molar-refractivity contribution in [3.63, 3.8) is 0 Å². The zero-order valence-corrected chi connectivity index (χ0v) is 12.5. The predicted octanol–water partition coefficient (Wildman–Crippen LogP) is 0.219. The maximum Gasteiger partial charge on any atom is 0.219 e. The number of rotatable bonds is 7. The minimum atomic E-state index is -3.58. The van der Waals surface area contributed by atoms with Crippen LogP contribution in [0.4, 0.5) is 0 Å². The van der Waals surface area contributed by atoms with E-state index in [0.29, 0.717) is 5.56 Å². The number of benzene rings is 1. The molecule has 1 aromatic carbocycles. The van der Waals surface area contributed by atoms with Crippen LogP contribution in [-0.4, -0.2) is 19.9 Å². The van der Waals surface area contributed by atoms with Gasteiger partial charge in [-0.3, -0.25) is 4.79 Å². The molecule has 20 heavy (non-hydrogen) atoms. The lowest BCUT2D eigenvalue weighted by molar-refractivity contribution is -0.119. The third-order valence-electron chi connectivity index (χ3n) is 2.73. The van der Waals surface area contributed by atoms with E-state index in [4.69, 9.17) is 11.5 Å². The van der Waals surface area contributed by atoms with Crippen molar-refractivity contribution in [2.75, 3.05) is 0 Å². The maximum absolute atomic E-state index is 12.2. The van der Waals surface area contributed by atoms with Crippen LogP contribution in [0, 0.1) is 0 Å². The van der Waals surface area contributed by atoms with Crippen molar-refractivity contribution in [2.24, 2.45) is 11.5 Å². The lowest BCUT2D eigenvalue weighted by Crippen LogP contribution is -2.46. The lowest BCUT2D eigenvalue weighted by atomic mass is 10.0. The Morgan fingerprint density at radius 2 is 1.80 bits per heavy atom. The molecule has 0 heterocycles. The topological polar surface area (TPSA) is 115 Å². The normalized spacial score (nSPS) is 12.3. The summed E-state index contributed by atoms with van der Waals surface area (Å²) in [7, 11) is -3.58. The van der Waals surface area contributed by atoms with E-state index in [9.17, 15) is 13.2 Å². The molecule has 0 saturated carbocycles. The van der Waals surface area contributed by atoms with Crippen LogP contribution >= 0.6 is 0 Å². The van der Waals surface area contributed by atoms with E-state index in [1.54, 1.807) is 32.0 Å². The van der Waals surface area contributed by atoms with Gasteiger partial charge in [-0.2, -0.15) is 0 Å². The van der Waals surface area contributed by atoms with Gasteiger partial charge in [-0.1, -0.05) is 24.3 Å². The molecule has 7 heteroatoms. The fraction of sp³-hybridized carbons (Fsp3) is 0.462. The van der Waals surface area contributed by atoms with Crippen molar-refractivity contribution in [1.82, 2.24) is 4.72 Å². The minimum Gasteiger partial charge on any atom is -0.370 e. The van der Waals surface area contributed by atoms with E-state index in [1.807, 2.05) is 6.07 Å². The highest BCUT2D eigenvalue weighted by Crippen LogP contribution is 2.15. The molecular weight excluding hydrogens is 278 g/mol. The molecule has 0 atom stereocenters. The second-order valence-electron chi connectivity index (χ2n) is 5.36. The van der Waals surface area contributed by atoms with Gasteiger partial charge < -0.3 is 11.5 Å². The molecule has 0 aliphatic carbocycles. The Balaban J connectivity index is 2.87. The van der Waals surface area contributed by atoms with E-state index in [-0.39, 0.29) is 18.7 Å². The number of primary amides is 1. The summed E-state index contributed by atoms with van der Waals surface area (Å²) in [5, 5.41) is 0. The Hall–Kier alpha value is -1.44. The Kier molecular flexibility index (Phi) is 5.27. The average Bonchev–Trinajstić information content (AvgIpc) is 2.25. The van der Waals surface area contributed by atoms with E-state index >= 15 is 0 Å². The van der Waals surface area contributed by atoms with E-state index in [1.165, 1.54) is 0 Å².